The lowest BCUT2D eigenvalue weighted by Gasteiger charge is -2.16. The van der Waals surface area contributed by atoms with Gasteiger partial charge in [-0.25, -0.2) is 19.2 Å². The van der Waals surface area contributed by atoms with Crippen molar-refractivity contribution >= 4 is 24.1 Å². The summed E-state index contributed by atoms with van der Waals surface area (Å²) in [6.07, 6.45) is 1.26. The van der Waals surface area contributed by atoms with Crippen LogP contribution in [-0.4, -0.2) is 68.8 Å². The quantitative estimate of drug-likeness (QED) is 0.103. The number of carbonyl (C=O) groups excluding carboxylic acids is 4. The van der Waals surface area contributed by atoms with Gasteiger partial charge in [-0.05, 0) is 67.8 Å². The highest BCUT2D eigenvalue weighted by Crippen LogP contribution is 2.29. The highest BCUT2D eigenvalue weighted by atomic mass is 16.7. The minimum absolute atomic E-state index is 0.0303. The van der Waals surface area contributed by atoms with Crippen molar-refractivity contribution in [1.82, 2.24) is 0 Å². The second kappa shape index (κ2) is 13.5. The maximum Gasteiger partial charge on any atom is 0.513 e. The molecule has 39 heavy (non-hydrogen) atoms. The minimum atomic E-state index is -0.900. The van der Waals surface area contributed by atoms with Crippen LogP contribution < -0.4 is 9.47 Å². The predicted molar refractivity (Wildman–Crippen MR) is 134 cm³/mol. The van der Waals surface area contributed by atoms with Crippen molar-refractivity contribution in [3.63, 3.8) is 0 Å². The van der Waals surface area contributed by atoms with Crippen LogP contribution in [0.25, 0.3) is 0 Å². The molecule has 0 amide bonds. The van der Waals surface area contributed by atoms with Crippen molar-refractivity contribution in [3.8, 4) is 11.5 Å². The average Bonchev–Trinajstić information content (AvgIpc) is 3.56. The third kappa shape index (κ3) is 7.88. The summed E-state index contributed by atoms with van der Waals surface area (Å²) in [4.78, 5) is 47.7. The van der Waals surface area contributed by atoms with E-state index in [0.717, 1.165) is 12.5 Å². The van der Waals surface area contributed by atoms with Gasteiger partial charge in [0, 0.05) is 12.7 Å². The third-order valence-electron chi connectivity index (χ3n) is 5.94. The number of carbonyl (C=O) groups is 4. The Morgan fingerprint density at radius 2 is 1.44 bits per heavy atom. The molecule has 0 bridgehead atoms. The zero-order chi connectivity index (χ0) is 27.6. The summed E-state index contributed by atoms with van der Waals surface area (Å²) in [7, 11) is 0. The molecule has 2 aromatic rings. The summed E-state index contributed by atoms with van der Waals surface area (Å²) in [5.41, 5.74) is 0.529. The fraction of sp³-hybridized carbons (Fsp3) is 0.357. The van der Waals surface area contributed by atoms with E-state index < -0.39 is 30.2 Å². The number of benzene rings is 2. The van der Waals surface area contributed by atoms with Crippen molar-refractivity contribution < 1.29 is 52.3 Å². The van der Waals surface area contributed by atoms with Gasteiger partial charge in [-0.2, -0.15) is 0 Å². The van der Waals surface area contributed by atoms with Crippen LogP contribution in [0.15, 0.2) is 61.2 Å². The van der Waals surface area contributed by atoms with Gasteiger partial charge in [-0.15, -0.1) is 0 Å². The molecule has 11 nitrogen and oxygen atoms in total. The molecule has 4 rings (SSSR count). The van der Waals surface area contributed by atoms with Crippen molar-refractivity contribution in [2.24, 2.45) is 0 Å². The van der Waals surface area contributed by atoms with E-state index >= 15 is 0 Å². The number of unbranched alkanes of at least 4 members (excludes halogenated alkanes) is 1. The van der Waals surface area contributed by atoms with Crippen LogP contribution in [0.2, 0.25) is 0 Å². The van der Waals surface area contributed by atoms with E-state index in [-0.39, 0.29) is 42.5 Å². The number of rotatable bonds is 11. The number of esters is 3. The first kappa shape index (κ1) is 27.8. The Balaban J connectivity index is 1.18. The van der Waals surface area contributed by atoms with Gasteiger partial charge >= 0.3 is 24.1 Å². The second-order valence-electron chi connectivity index (χ2n) is 8.66. The molecule has 0 aromatic heterocycles. The zero-order valence-corrected chi connectivity index (χ0v) is 21.1. The molecule has 2 aliphatic heterocycles. The number of hydrogen-bond acceptors (Lipinski definition) is 11. The van der Waals surface area contributed by atoms with Crippen LogP contribution in [-0.2, 0) is 28.5 Å². The Morgan fingerprint density at radius 1 is 0.821 bits per heavy atom. The summed E-state index contributed by atoms with van der Waals surface area (Å²) in [6.45, 7) is 4.48. The summed E-state index contributed by atoms with van der Waals surface area (Å²) in [6, 6.07) is 11.7. The first-order chi connectivity index (χ1) is 18.9. The molecule has 1 unspecified atom stereocenters. The van der Waals surface area contributed by atoms with E-state index in [1.807, 2.05) is 0 Å². The van der Waals surface area contributed by atoms with Crippen LogP contribution in [0.3, 0.4) is 0 Å². The van der Waals surface area contributed by atoms with Crippen LogP contribution in [0.5, 0.6) is 11.5 Å². The topological polar surface area (TPSA) is 133 Å². The fourth-order valence-corrected chi connectivity index (χ4v) is 3.94. The van der Waals surface area contributed by atoms with Crippen molar-refractivity contribution in [2.45, 2.75) is 37.6 Å². The summed E-state index contributed by atoms with van der Waals surface area (Å²) in [5, 5.41) is 0. The Labute approximate surface area is 224 Å². The molecule has 3 atom stereocenters. The van der Waals surface area contributed by atoms with Crippen LogP contribution in [0, 0.1) is 0 Å². The van der Waals surface area contributed by atoms with E-state index in [4.69, 9.17) is 33.2 Å². The Hall–Kier alpha value is -4.22. The first-order valence-corrected chi connectivity index (χ1v) is 12.4. The van der Waals surface area contributed by atoms with Crippen molar-refractivity contribution in [2.75, 3.05) is 26.4 Å². The van der Waals surface area contributed by atoms with E-state index in [9.17, 15) is 19.2 Å². The molecule has 0 aliphatic carbocycles. The fourth-order valence-electron chi connectivity index (χ4n) is 3.94. The zero-order valence-electron chi connectivity index (χ0n) is 21.1. The Bertz CT molecular complexity index is 1170. The van der Waals surface area contributed by atoms with E-state index in [2.05, 4.69) is 6.58 Å². The lowest BCUT2D eigenvalue weighted by molar-refractivity contribution is -0.137. The molecule has 2 aromatic carbocycles. The molecule has 2 fully saturated rings. The van der Waals surface area contributed by atoms with Crippen LogP contribution in [0.4, 0.5) is 4.79 Å². The molecule has 0 radical (unpaired) electrons. The number of ether oxygens (including phenoxy) is 7. The predicted octanol–water partition coefficient (Wildman–Crippen LogP) is 3.64. The largest absolute Gasteiger partial charge is 0.513 e. The van der Waals surface area contributed by atoms with E-state index in [0.29, 0.717) is 31.6 Å². The smallest absolute Gasteiger partial charge is 0.463 e. The van der Waals surface area contributed by atoms with Gasteiger partial charge in [0.25, 0.3) is 0 Å². The maximum atomic E-state index is 12.5. The first-order valence-electron chi connectivity index (χ1n) is 12.4. The molecule has 2 aliphatic rings. The lowest BCUT2D eigenvalue weighted by atomic mass is 10.1. The molecule has 206 valence electrons. The molecule has 2 saturated heterocycles. The monoisotopic (exact) mass is 540 g/mol. The number of fused-ring (bicyclic) bond motifs is 1. The van der Waals surface area contributed by atoms with E-state index in [1.54, 1.807) is 0 Å². The third-order valence-corrected chi connectivity index (χ3v) is 5.94. The SMILES string of the molecule is C=CC(=O)OCCCCOC(=O)Oc1ccc(C(=O)Oc2ccc(C(=O)O[C@@H]3COC4CCO[C@@H]43)cc2)cc1. The normalized spacial score (nSPS) is 19.4. The number of hydrogen-bond donors (Lipinski definition) is 0. The molecule has 2 heterocycles. The average molecular weight is 541 g/mol. The molecular formula is C28H28O11. The highest BCUT2D eigenvalue weighted by Gasteiger charge is 2.44. The van der Waals surface area contributed by atoms with Crippen molar-refractivity contribution in [3.05, 3.63) is 72.3 Å². The standard InChI is InChI=1S/C28H28O11/c1-2-24(29)33-14-3-4-15-35-28(32)38-21-11-7-18(8-12-21)26(30)37-20-9-5-19(6-10-20)27(31)39-23-17-36-22-13-16-34-25(22)23/h2,5-12,22-23,25H,1,3-4,13-17H2/t22?,23-,25+/m1/s1. The maximum absolute atomic E-state index is 12.5. The lowest BCUT2D eigenvalue weighted by Crippen LogP contribution is -2.32. The molecule has 0 saturated carbocycles. The van der Waals surface area contributed by atoms with Crippen LogP contribution in [0.1, 0.15) is 40.0 Å². The summed E-state index contributed by atoms with van der Waals surface area (Å²) < 4.78 is 36.9. The molecular weight excluding hydrogens is 512 g/mol. The van der Waals surface area contributed by atoms with Gasteiger partial charge in [0.2, 0.25) is 0 Å². The van der Waals surface area contributed by atoms with E-state index in [1.165, 1.54) is 48.5 Å². The summed E-state index contributed by atoms with van der Waals surface area (Å²) >= 11 is 0. The van der Waals surface area contributed by atoms with Gasteiger partial charge in [-0.1, -0.05) is 6.58 Å². The molecule has 0 spiro atoms. The Morgan fingerprint density at radius 3 is 2.10 bits per heavy atom. The van der Waals surface area contributed by atoms with Gasteiger partial charge in [0.05, 0.1) is 37.1 Å². The van der Waals surface area contributed by atoms with Crippen LogP contribution >= 0.6 is 0 Å². The van der Waals surface area contributed by atoms with Crippen molar-refractivity contribution in [1.29, 1.82) is 0 Å². The summed E-state index contributed by atoms with van der Waals surface area (Å²) in [5.74, 6) is -1.24. The van der Waals surface area contributed by atoms with Gasteiger partial charge < -0.3 is 33.2 Å². The highest BCUT2D eigenvalue weighted by molar-refractivity contribution is 5.92. The van der Waals surface area contributed by atoms with Gasteiger partial charge in [-0.3, -0.25) is 0 Å². The minimum Gasteiger partial charge on any atom is -0.463 e. The molecule has 0 N–H and O–H groups in total. The Kier molecular flexibility index (Phi) is 9.65. The second-order valence-corrected chi connectivity index (χ2v) is 8.66. The van der Waals surface area contributed by atoms with Gasteiger partial charge in [0.15, 0.2) is 6.10 Å². The molecule has 11 heteroatoms. The van der Waals surface area contributed by atoms with Gasteiger partial charge in [0.1, 0.15) is 17.6 Å².